The van der Waals surface area contributed by atoms with Crippen LogP contribution in [-0.4, -0.2) is 62.3 Å². The Balaban J connectivity index is 1.60. The minimum atomic E-state index is 0.528. The predicted molar refractivity (Wildman–Crippen MR) is 114 cm³/mol. The van der Waals surface area contributed by atoms with E-state index in [1.54, 1.807) is 0 Å². The van der Waals surface area contributed by atoms with Gasteiger partial charge in [0.1, 0.15) is 0 Å². The predicted octanol–water partition coefficient (Wildman–Crippen LogP) is 3.06. The van der Waals surface area contributed by atoms with Gasteiger partial charge in [-0.25, -0.2) is 0 Å². The van der Waals surface area contributed by atoms with E-state index in [1.807, 2.05) is 6.07 Å². The van der Waals surface area contributed by atoms with Crippen molar-refractivity contribution in [2.24, 2.45) is 4.99 Å². The number of aliphatic imine (C=N–C) groups is 1. The molecule has 0 aromatic heterocycles. The standard InChI is InChI=1S/C22H38N4O/c1-4-23-22(25-21-11-15-26(16-12-21)19(2)3)24-14-8-17-27-18-13-20-9-6-5-7-10-20/h5-7,9-10,19,21H,4,8,11-18H2,1-3H3,(H2,23,24,25). The number of hydrogen-bond donors (Lipinski definition) is 2. The van der Waals surface area contributed by atoms with Crippen molar-refractivity contribution in [2.75, 3.05) is 39.4 Å². The molecule has 152 valence electrons. The number of nitrogens with zero attached hydrogens (tertiary/aromatic N) is 2. The van der Waals surface area contributed by atoms with E-state index in [0.717, 1.165) is 45.1 Å². The fourth-order valence-corrected chi connectivity index (χ4v) is 3.37. The van der Waals surface area contributed by atoms with Crippen molar-refractivity contribution in [3.05, 3.63) is 35.9 Å². The summed E-state index contributed by atoms with van der Waals surface area (Å²) in [5.41, 5.74) is 1.33. The first-order valence-corrected chi connectivity index (χ1v) is 10.6. The monoisotopic (exact) mass is 374 g/mol. The lowest BCUT2D eigenvalue weighted by Gasteiger charge is -2.35. The third kappa shape index (κ3) is 8.76. The van der Waals surface area contributed by atoms with Crippen molar-refractivity contribution in [3.63, 3.8) is 0 Å². The lowest BCUT2D eigenvalue weighted by atomic mass is 10.0. The van der Waals surface area contributed by atoms with Crippen LogP contribution in [0.1, 0.15) is 45.6 Å². The maximum atomic E-state index is 5.75. The van der Waals surface area contributed by atoms with Gasteiger partial charge in [-0.1, -0.05) is 30.3 Å². The fourth-order valence-electron chi connectivity index (χ4n) is 3.37. The number of ether oxygens (including phenoxy) is 1. The van der Waals surface area contributed by atoms with Gasteiger partial charge in [0.15, 0.2) is 5.96 Å². The SMILES string of the molecule is CCNC(=NCCCOCCc1ccccc1)NC1CCN(C(C)C)CC1. The Bertz CT molecular complexity index is 524. The van der Waals surface area contributed by atoms with E-state index in [2.05, 4.69) is 60.6 Å². The van der Waals surface area contributed by atoms with E-state index in [9.17, 15) is 0 Å². The molecule has 1 aromatic carbocycles. The average molecular weight is 375 g/mol. The molecule has 1 fully saturated rings. The van der Waals surface area contributed by atoms with Gasteiger partial charge in [-0.15, -0.1) is 0 Å². The Morgan fingerprint density at radius 2 is 1.93 bits per heavy atom. The first-order valence-electron chi connectivity index (χ1n) is 10.6. The molecular weight excluding hydrogens is 336 g/mol. The van der Waals surface area contributed by atoms with Gasteiger partial charge in [0.25, 0.3) is 0 Å². The molecule has 0 amide bonds. The molecule has 5 nitrogen and oxygen atoms in total. The summed E-state index contributed by atoms with van der Waals surface area (Å²) in [7, 11) is 0. The van der Waals surface area contributed by atoms with Gasteiger partial charge in [-0.3, -0.25) is 4.99 Å². The highest BCUT2D eigenvalue weighted by molar-refractivity contribution is 5.80. The highest BCUT2D eigenvalue weighted by Crippen LogP contribution is 2.12. The number of rotatable bonds is 10. The van der Waals surface area contributed by atoms with Crippen LogP contribution in [0.25, 0.3) is 0 Å². The average Bonchev–Trinajstić information content (AvgIpc) is 2.68. The molecule has 0 aliphatic carbocycles. The summed E-state index contributed by atoms with van der Waals surface area (Å²) in [5.74, 6) is 0.949. The normalized spacial score (nSPS) is 16.7. The molecule has 0 atom stereocenters. The quantitative estimate of drug-likeness (QED) is 0.375. The molecule has 2 rings (SSSR count). The van der Waals surface area contributed by atoms with Gasteiger partial charge in [-0.2, -0.15) is 0 Å². The van der Waals surface area contributed by atoms with Crippen LogP contribution in [0.3, 0.4) is 0 Å². The highest BCUT2D eigenvalue weighted by atomic mass is 16.5. The second kappa shape index (κ2) is 12.7. The van der Waals surface area contributed by atoms with E-state index in [4.69, 9.17) is 9.73 Å². The van der Waals surface area contributed by atoms with Crippen molar-refractivity contribution >= 4 is 5.96 Å². The summed E-state index contributed by atoms with van der Waals surface area (Å²) in [4.78, 5) is 7.27. The van der Waals surface area contributed by atoms with Crippen molar-refractivity contribution < 1.29 is 4.74 Å². The fraction of sp³-hybridized carbons (Fsp3) is 0.682. The van der Waals surface area contributed by atoms with Crippen LogP contribution in [0.5, 0.6) is 0 Å². The summed E-state index contributed by atoms with van der Waals surface area (Å²) in [6.07, 6.45) is 4.30. The lowest BCUT2D eigenvalue weighted by Crippen LogP contribution is -2.49. The van der Waals surface area contributed by atoms with E-state index < -0.39 is 0 Å². The molecule has 1 saturated heterocycles. The second-order valence-corrected chi connectivity index (χ2v) is 7.51. The van der Waals surface area contributed by atoms with Gasteiger partial charge >= 0.3 is 0 Å². The van der Waals surface area contributed by atoms with E-state index in [0.29, 0.717) is 12.1 Å². The Hall–Kier alpha value is -1.59. The Kier molecular flexibility index (Phi) is 10.2. The second-order valence-electron chi connectivity index (χ2n) is 7.51. The van der Waals surface area contributed by atoms with E-state index in [-0.39, 0.29) is 0 Å². The maximum absolute atomic E-state index is 5.75. The van der Waals surface area contributed by atoms with Crippen LogP contribution in [0.4, 0.5) is 0 Å². The Labute approximate surface area is 165 Å². The third-order valence-corrected chi connectivity index (χ3v) is 5.04. The van der Waals surface area contributed by atoms with Crippen LogP contribution in [-0.2, 0) is 11.2 Å². The zero-order valence-electron chi connectivity index (χ0n) is 17.4. The van der Waals surface area contributed by atoms with E-state index in [1.165, 1.54) is 31.5 Å². The van der Waals surface area contributed by atoms with Crippen molar-refractivity contribution in [1.82, 2.24) is 15.5 Å². The number of benzene rings is 1. The van der Waals surface area contributed by atoms with Gasteiger partial charge in [0.05, 0.1) is 6.61 Å². The minimum Gasteiger partial charge on any atom is -0.381 e. The van der Waals surface area contributed by atoms with Gasteiger partial charge < -0.3 is 20.3 Å². The van der Waals surface area contributed by atoms with Crippen LogP contribution in [0.2, 0.25) is 0 Å². The Morgan fingerprint density at radius 3 is 2.59 bits per heavy atom. The van der Waals surface area contributed by atoms with Crippen LogP contribution >= 0.6 is 0 Å². The highest BCUT2D eigenvalue weighted by Gasteiger charge is 2.21. The van der Waals surface area contributed by atoms with Crippen LogP contribution < -0.4 is 10.6 Å². The molecule has 2 N–H and O–H groups in total. The molecule has 27 heavy (non-hydrogen) atoms. The van der Waals surface area contributed by atoms with Crippen molar-refractivity contribution in [2.45, 2.75) is 58.5 Å². The molecular formula is C22H38N4O. The topological polar surface area (TPSA) is 48.9 Å². The summed E-state index contributed by atoms with van der Waals surface area (Å²) < 4.78 is 5.75. The van der Waals surface area contributed by atoms with Crippen LogP contribution in [0.15, 0.2) is 35.3 Å². The smallest absolute Gasteiger partial charge is 0.191 e. The molecule has 1 heterocycles. The first-order chi connectivity index (χ1) is 13.2. The van der Waals surface area contributed by atoms with Crippen LogP contribution in [0, 0.1) is 0 Å². The molecule has 5 heteroatoms. The van der Waals surface area contributed by atoms with Gasteiger partial charge in [-0.05, 0) is 52.0 Å². The Morgan fingerprint density at radius 1 is 1.19 bits per heavy atom. The number of likely N-dealkylation sites (tertiary alicyclic amines) is 1. The van der Waals surface area contributed by atoms with E-state index >= 15 is 0 Å². The maximum Gasteiger partial charge on any atom is 0.191 e. The molecule has 0 bridgehead atoms. The molecule has 0 unspecified atom stereocenters. The first kappa shape index (κ1) is 21.7. The zero-order valence-corrected chi connectivity index (χ0v) is 17.4. The van der Waals surface area contributed by atoms with Crippen molar-refractivity contribution in [1.29, 1.82) is 0 Å². The van der Waals surface area contributed by atoms with Gasteiger partial charge in [0, 0.05) is 44.9 Å². The molecule has 0 radical (unpaired) electrons. The molecule has 1 aliphatic rings. The number of guanidine groups is 1. The molecule has 0 saturated carbocycles. The molecule has 1 aromatic rings. The summed E-state index contributed by atoms with van der Waals surface area (Å²) in [5, 5.41) is 6.98. The lowest BCUT2D eigenvalue weighted by molar-refractivity contribution is 0.136. The zero-order chi connectivity index (χ0) is 19.3. The minimum absolute atomic E-state index is 0.528. The third-order valence-electron chi connectivity index (χ3n) is 5.04. The number of piperidine rings is 1. The molecule has 0 spiro atoms. The van der Waals surface area contributed by atoms with Gasteiger partial charge in [0.2, 0.25) is 0 Å². The summed E-state index contributed by atoms with van der Waals surface area (Å²) in [6, 6.07) is 11.7. The summed E-state index contributed by atoms with van der Waals surface area (Å²) >= 11 is 0. The largest absolute Gasteiger partial charge is 0.381 e. The molecule has 1 aliphatic heterocycles. The number of nitrogens with one attached hydrogen (secondary N) is 2. The number of hydrogen-bond acceptors (Lipinski definition) is 3. The van der Waals surface area contributed by atoms with Crippen molar-refractivity contribution in [3.8, 4) is 0 Å². The summed E-state index contributed by atoms with van der Waals surface area (Å²) in [6.45, 7) is 12.3.